The zero-order valence-corrected chi connectivity index (χ0v) is 15.8. The molecule has 2 N–H and O–H groups in total. The van der Waals surface area contributed by atoms with Gasteiger partial charge < -0.3 is 14.7 Å². The molecule has 27 heavy (non-hydrogen) atoms. The first kappa shape index (κ1) is 18.0. The van der Waals surface area contributed by atoms with Gasteiger partial charge in [-0.2, -0.15) is 5.10 Å². The fourth-order valence-electron chi connectivity index (χ4n) is 3.46. The maximum atomic E-state index is 10.2. The SMILES string of the molecule is CN(C)C1CN(CC(O)COc2ccc3cc(-c4cn[nH]c4)ccc3c2)C1. The summed E-state index contributed by atoms with van der Waals surface area (Å²) >= 11 is 0. The lowest BCUT2D eigenvalue weighted by molar-refractivity contribution is 0.00720. The Morgan fingerprint density at radius 3 is 2.70 bits per heavy atom. The Morgan fingerprint density at radius 2 is 1.96 bits per heavy atom. The second-order valence-electron chi connectivity index (χ2n) is 7.51. The summed E-state index contributed by atoms with van der Waals surface area (Å²) in [5.41, 5.74) is 2.20. The highest BCUT2D eigenvalue weighted by Crippen LogP contribution is 2.26. The molecule has 0 aliphatic carbocycles. The van der Waals surface area contributed by atoms with Crippen molar-refractivity contribution >= 4 is 10.8 Å². The number of nitrogens with one attached hydrogen (secondary N) is 1. The van der Waals surface area contributed by atoms with Gasteiger partial charge >= 0.3 is 0 Å². The van der Waals surface area contributed by atoms with Crippen LogP contribution in [0.4, 0.5) is 0 Å². The van der Waals surface area contributed by atoms with Crippen LogP contribution in [0.15, 0.2) is 48.8 Å². The Labute approximate surface area is 159 Å². The largest absolute Gasteiger partial charge is 0.491 e. The lowest BCUT2D eigenvalue weighted by Crippen LogP contribution is -2.59. The number of aliphatic hydroxyl groups is 1. The molecule has 2 aromatic carbocycles. The van der Waals surface area contributed by atoms with Gasteiger partial charge in [0.25, 0.3) is 0 Å². The number of rotatable bonds is 7. The molecule has 0 bridgehead atoms. The normalized spacial score (nSPS) is 16.6. The van der Waals surface area contributed by atoms with Crippen LogP contribution in [0.3, 0.4) is 0 Å². The molecule has 0 saturated carbocycles. The number of ether oxygens (including phenoxy) is 1. The van der Waals surface area contributed by atoms with Gasteiger partial charge in [-0.05, 0) is 48.6 Å². The van der Waals surface area contributed by atoms with E-state index >= 15 is 0 Å². The Bertz CT molecular complexity index is 888. The zero-order chi connectivity index (χ0) is 18.8. The standard InChI is InChI=1S/C21H26N4O2/c1-24(2)19-11-25(12-19)13-20(26)14-27-21-6-5-15-7-16(3-4-17(15)8-21)18-9-22-23-10-18/h3-10,19-20,26H,11-14H2,1-2H3,(H,22,23). The maximum Gasteiger partial charge on any atom is 0.120 e. The topological polar surface area (TPSA) is 64.6 Å². The molecule has 2 heterocycles. The molecule has 4 rings (SSSR count). The summed E-state index contributed by atoms with van der Waals surface area (Å²) in [5, 5.41) is 19.3. The summed E-state index contributed by atoms with van der Waals surface area (Å²) < 4.78 is 5.82. The third-order valence-corrected chi connectivity index (χ3v) is 5.22. The summed E-state index contributed by atoms with van der Waals surface area (Å²) in [5.74, 6) is 0.785. The van der Waals surface area contributed by atoms with Crippen LogP contribution in [-0.2, 0) is 0 Å². The highest BCUT2D eigenvalue weighted by molar-refractivity contribution is 5.88. The van der Waals surface area contributed by atoms with Crippen molar-refractivity contribution in [1.82, 2.24) is 20.0 Å². The number of hydrogen-bond donors (Lipinski definition) is 2. The third kappa shape index (κ3) is 4.13. The van der Waals surface area contributed by atoms with Gasteiger partial charge in [-0.3, -0.25) is 10.00 Å². The van der Waals surface area contributed by atoms with E-state index in [1.807, 2.05) is 24.5 Å². The van der Waals surface area contributed by atoms with Gasteiger partial charge in [0, 0.05) is 37.4 Å². The number of likely N-dealkylation sites (N-methyl/N-ethyl adjacent to an activating group) is 1. The molecule has 1 unspecified atom stereocenters. The van der Waals surface area contributed by atoms with Crippen LogP contribution in [0.2, 0.25) is 0 Å². The van der Waals surface area contributed by atoms with Crippen molar-refractivity contribution in [3.8, 4) is 16.9 Å². The van der Waals surface area contributed by atoms with Crippen LogP contribution in [-0.4, -0.2) is 77.6 Å². The van der Waals surface area contributed by atoms with Crippen LogP contribution in [0, 0.1) is 0 Å². The molecule has 6 heteroatoms. The predicted octanol–water partition coefficient (Wildman–Crippen LogP) is 2.22. The number of H-pyrrole nitrogens is 1. The van der Waals surface area contributed by atoms with Gasteiger partial charge in [0.2, 0.25) is 0 Å². The monoisotopic (exact) mass is 366 g/mol. The van der Waals surface area contributed by atoms with E-state index in [9.17, 15) is 5.11 Å². The van der Waals surface area contributed by atoms with E-state index in [-0.39, 0.29) is 0 Å². The van der Waals surface area contributed by atoms with E-state index in [0.717, 1.165) is 40.7 Å². The highest BCUT2D eigenvalue weighted by Gasteiger charge is 2.29. The smallest absolute Gasteiger partial charge is 0.120 e. The average Bonchev–Trinajstić information content (AvgIpc) is 3.16. The van der Waals surface area contributed by atoms with E-state index in [1.165, 1.54) is 0 Å². The molecule has 1 aromatic heterocycles. The van der Waals surface area contributed by atoms with Crippen LogP contribution in [0.25, 0.3) is 21.9 Å². The number of aromatic nitrogens is 2. The Balaban J connectivity index is 1.33. The van der Waals surface area contributed by atoms with Crippen molar-refractivity contribution in [2.45, 2.75) is 12.1 Å². The number of β-amino-alcohol motifs (C(OH)–C–C–N with tert-alkyl or cyclic N) is 1. The van der Waals surface area contributed by atoms with Gasteiger partial charge in [-0.15, -0.1) is 0 Å². The van der Waals surface area contributed by atoms with Crippen molar-refractivity contribution < 1.29 is 9.84 Å². The van der Waals surface area contributed by atoms with Crippen LogP contribution in [0.5, 0.6) is 5.75 Å². The number of nitrogens with zero attached hydrogens (tertiary/aromatic N) is 3. The second-order valence-corrected chi connectivity index (χ2v) is 7.51. The predicted molar refractivity (Wildman–Crippen MR) is 107 cm³/mol. The molecule has 0 spiro atoms. The average molecular weight is 366 g/mol. The maximum absolute atomic E-state index is 10.2. The van der Waals surface area contributed by atoms with Crippen molar-refractivity contribution in [3.63, 3.8) is 0 Å². The quantitative estimate of drug-likeness (QED) is 0.671. The van der Waals surface area contributed by atoms with Gasteiger partial charge in [0.1, 0.15) is 18.5 Å². The Morgan fingerprint density at radius 1 is 1.19 bits per heavy atom. The first-order valence-corrected chi connectivity index (χ1v) is 9.31. The van der Waals surface area contributed by atoms with E-state index < -0.39 is 6.10 Å². The van der Waals surface area contributed by atoms with Crippen molar-refractivity contribution in [2.24, 2.45) is 0 Å². The number of aliphatic hydroxyl groups excluding tert-OH is 1. The lowest BCUT2D eigenvalue weighted by atomic mass is 10.0. The summed E-state index contributed by atoms with van der Waals surface area (Å²) in [4.78, 5) is 4.49. The minimum absolute atomic E-state index is 0.307. The van der Waals surface area contributed by atoms with E-state index in [4.69, 9.17) is 4.74 Å². The Hall–Kier alpha value is -2.41. The van der Waals surface area contributed by atoms with Crippen LogP contribution < -0.4 is 4.74 Å². The fraction of sp³-hybridized carbons (Fsp3) is 0.381. The fourth-order valence-corrected chi connectivity index (χ4v) is 3.46. The molecular weight excluding hydrogens is 340 g/mol. The molecule has 1 aliphatic heterocycles. The number of fused-ring (bicyclic) bond motifs is 1. The number of aromatic amines is 1. The number of benzene rings is 2. The zero-order valence-electron chi connectivity index (χ0n) is 15.8. The summed E-state index contributed by atoms with van der Waals surface area (Å²) in [7, 11) is 4.19. The van der Waals surface area contributed by atoms with Crippen molar-refractivity contribution in [2.75, 3.05) is 40.3 Å². The summed E-state index contributed by atoms with van der Waals surface area (Å²) in [6, 6.07) is 12.9. The summed E-state index contributed by atoms with van der Waals surface area (Å²) in [6.07, 6.45) is 3.23. The van der Waals surface area contributed by atoms with Crippen molar-refractivity contribution in [1.29, 1.82) is 0 Å². The van der Waals surface area contributed by atoms with Crippen LogP contribution >= 0.6 is 0 Å². The van der Waals surface area contributed by atoms with Gasteiger partial charge in [-0.25, -0.2) is 0 Å². The minimum Gasteiger partial charge on any atom is -0.491 e. The highest BCUT2D eigenvalue weighted by atomic mass is 16.5. The molecule has 0 radical (unpaired) electrons. The summed E-state index contributed by atoms with van der Waals surface area (Å²) in [6.45, 7) is 2.99. The van der Waals surface area contributed by atoms with Gasteiger partial charge in [0.05, 0.1) is 6.20 Å². The number of hydrogen-bond acceptors (Lipinski definition) is 5. The van der Waals surface area contributed by atoms with Gasteiger partial charge in [0.15, 0.2) is 0 Å². The molecule has 3 aromatic rings. The Kier molecular flexibility index (Phi) is 5.11. The molecule has 1 saturated heterocycles. The lowest BCUT2D eigenvalue weighted by Gasteiger charge is -2.43. The number of likely N-dealkylation sites (tertiary alicyclic amines) is 1. The molecule has 1 atom stereocenters. The minimum atomic E-state index is -0.479. The van der Waals surface area contributed by atoms with E-state index in [0.29, 0.717) is 19.2 Å². The molecule has 1 fully saturated rings. The molecule has 142 valence electrons. The van der Waals surface area contributed by atoms with Gasteiger partial charge in [-0.1, -0.05) is 18.2 Å². The van der Waals surface area contributed by atoms with Crippen molar-refractivity contribution in [3.05, 3.63) is 48.8 Å². The molecule has 0 amide bonds. The third-order valence-electron chi connectivity index (χ3n) is 5.22. The molecule has 6 nitrogen and oxygen atoms in total. The molecule has 1 aliphatic rings. The first-order valence-electron chi connectivity index (χ1n) is 9.31. The first-order chi connectivity index (χ1) is 13.1. The van der Waals surface area contributed by atoms with E-state index in [2.05, 4.69) is 58.4 Å². The van der Waals surface area contributed by atoms with E-state index in [1.54, 1.807) is 0 Å². The molecular formula is C21H26N4O2. The second kappa shape index (κ2) is 7.68. The van der Waals surface area contributed by atoms with Crippen LogP contribution in [0.1, 0.15) is 0 Å².